The fourth-order valence-corrected chi connectivity index (χ4v) is 1.48. The second-order valence-corrected chi connectivity index (χ2v) is 2.97. The molecule has 0 aliphatic heterocycles. The van der Waals surface area contributed by atoms with Crippen molar-refractivity contribution in [2.45, 2.75) is 6.92 Å². The molecule has 0 aliphatic carbocycles. The van der Waals surface area contributed by atoms with Gasteiger partial charge in [0.2, 0.25) is 0 Å². The molecule has 13 heavy (non-hydrogen) atoms. The summed E-state index contributed by atoms with van der Waals surface area (Å²) in [4.78, 5) is 4.13. The molecule has 3 heteroatoms. The van der Waals surface area contributed by atoms with E-state index in [0.717, 1.165) is 11.2 Å². The number of pyridine rings is 1. The highest BCUT2D eigenvalue weighted by molar-refractivity contribution is 5.93. The van der Waals surface area contributed by atoms with E-state index < -0.39 is 0 Å². The number of nitrogens with one attached hydrogen (secondary N) is 1. The number of hydrazine groups is 1. The van der Waals surface area contributed by atoms with Gasteiger partial charge < -0.3 is 5.43 Å². The second-order valence-electron chi connectivity index (χ2n) is 2.97. The SMILES string of the molecule is Cc1cccc2c(NN)nccc12. The minimum atomic E-state index is 0.723. The Morgan fingerprint density at radius 3 is 2.85 bits per heavy atom. The Kier molecular flexibility index (Phi) is 1.87. The highest BCUT2D eigenvalue weighted by atomic mass is 15.2. The lowest BCUT2D eigenvalue weighted by molar-refractivity contribution is 1.25. The molecule has 1 heterocycles. The van der Waals surface area contributed by atoms with Gasteiger partial charge in [0, 0.05) is 11.6 Å². The first-order valence-electron chi connectivity index (χ1n) is 4.14. The van der Waals surface area contributed by atoms with Gasteiger partial charge in [-0.2, -0.15) is 0 Å². The summed E-state index contributed by atoms with van der Waals surface area (Å²) in [7, 11) is 0. The number of nitrogens with two attached hydrogens (primary N) is 1. The van der Waals surface area contributed by atoms with Crippen molar-refractivity contribution in [1.82, 2.24) is 4.98 Å². The summed E-state index contributed by atoms with van der Waals surface area (Å²) in [6, 6.07) is 8.07. The van der Waals surface area contributed by atoms with Crippen LogP contribution in [0.5, 0.6) is 0 Å². The summed E-state index contributed by atoms with van der Waals surface area (Å²) in [5, 5.41) is 2.25. The van der Waals surface area contributed by atoms with Crippen molar-refractivity contribution in [3.8, 4) is 0 Å². The average Bonchev–Trinajstić information content (AvgIpc) is 2.18. The third kappa shape index (κ3) is 1.23. The van der Waals surface area contributed by atoms with Crippen LogP contribution in [-0.4, -0.2) is 4.98 Å². The quantitative estimate of drug-likeness (QED) is 0.511. The Balaban J connectivity index is 2.84. The molecule has 0 unspecified atom stereocenters. The van der Waals surface area contributed by atoms with Crippen LogP contribution in [0.4, 0.5) is 5.82 Å². The maximum Gasteiger partial charge on any atom is 0.147 e. The summed E-state index contributed by atoms with van der Waals surface area (Å²) in [6.07, 6.45) is 1.75. The molecule has 0 radical (unpaired) electrons. The van der Waals surface area contributed by atoms with E-state index in [1.807, 2.05) is 18.2 Å². The predicted octanol–water partition coefficient (Wildman–Crippen LogP) is 1.83. The van der Waals surface area contributed by atoms with E-state index in [4.69, 9.17) is 5.84 Å². The summed E-state index contributed by atoms with van der Waals surface area (Å²) in [5.74, 6) is 6.08. The minimum Gasteiger partial charge on any atom is -0.308 e. The predicted molar refractivity (Wildman–Crippen MR) is 54.3 cm³/mol. The first kappa shape index (κ1) is 8.01. The zero-order valence-electron chi connectivity index (χ0n) is 7.41. The van der Waals surface area contributed by atoms with Crippen LogP contribution in [0, 0.1) is 6.92 Å². The Labute approximate surface area is 76.6 Å². The number of nitrogens with zero attached hydrogens (tertiary/aromatic N) is 1. The lowest BCUT2D eigenvalue weighted by Gasteiger charge is -2.05. The largest absolute Gasteiger partial charge is 0.308 e. The molecular formula is C10H11N3. The molecule has 0 aliphatic rings. The van der Waals surface area contributed by atoms with Gasteiger partial charge in [-0.1, -0.05) is 18.2 Å². The molecule has 0 saturated heterocycles. The summed E-state index contributed by atoms with van der Waals surface area (Å²) in [5.41, 5.74) is 3.82. The molecule has 3 N–H and O–H groups in total. The lowest BCUT2D eigenvalue weighted by Crippen LogP contribution is -2.08. The van der Waals surface area contributed by atoms with E-state index in [-0.39, 0.29) is 0 Å². The molecule has 0 spiro atoms. The van der Waals surface area contributed by atoms with Gasteiger partial charge in [0.1, 0.15) is 5.82 Å². The lowest BCUT2D eigenvalue weighted by atomic mass is 10.1. The number of anilines is 1. The van der Waals surface area contributed by atoms with Crippen molar-refractivity contribution in [2.24, 2.45) is 5.84 Å². The monoisotopic (exact) mass is 173 g/mol. The molecule has 1 aromatic heterocycles. The number of benzene rings is 1. The number of nitrogen functional groups attached to an aromatic ring is 1. The van der Waals surface area contributed by atoms with Crippen molar-refractivity contribution in [3.63, 3.8) is 0 Å². The van der Waals surface area contributed by atoms with Gasteiger partial charge in [-0.3, -0.25) is 0 Å². The molecule has 0 fully saturated rings. The highest BCUT2D eigenvalue weighted by Crippen LogP contribution is 2.22. The normalized spacial score (nSPS) is 10.3. The highest BCUT2D eigenvalue weighted by Gasteiger charge is 2.00. The van der Waals surface area contributed by atoms with Crippen LogP contribution in [-0.2, 0) is 0 Å². The molecule has 0 amide bonds. The average molecular weight is 173 g/mol. The maximum atomic E-state index is 5.35. The Morgan fingerprint density at radius 2 is 2.08 bits per heavy atom. The van der Waals surface area contributed by atoms with E-state index in [0.29, 0.717) is 0 Å². The molecular weight excluding hydrogens is 162 g/mol. The molecule has 0 atom stereocenters. The van der Waals surface area contributed by atoms with Crippen LogP contribution in [0.3, 0.4) is 0 Å². The van der Waals surface area contributed by atoms with Gasteiger partial charge >= 0.3 is 0 Å². The number of fused-ring (bicyclic) bond motifs is 1. The van der Waals surface area contributed by atoms with Crippen LogP contribution < -0.4 is 11.3 Å². The standard InChI is InChI=1S/C10H11N3/c1-7-3-2-4-9-8(7)5-6-12-10(9)13-11/h2-6H,11H2,1H3,(H,12,13). The fourth-order valence-electron chi connectivity index (χ4n) is 1.48. The first-order valence-corrected chi connectivity index (χ1v) is 4.14. The molecule has 0 bridgehead atoms. The zero-order chi connectivity index (χ0) is 9.26. The van der Waals surface area contributed by atoms with E-state index >= 15 is 0 Å². The van der Waals surface area contributed by atoms with Gasteiger partial charge in [0.25, 0.3) is 0 Å². The van der Waals surface area contributed by atoms with E-state index in [9.17, 15) is 0 Å². The van der Waals surface area contributed by atoms with Crippen LogP contribution in [0.15, 0.2) is 30.5 Å². The van der Waals surface area contributed by atoms with Crippen molar-refractivity contribution in [1.29, 1.82) is 0 Å². The van der Waals surface area contributed by atoms with Crippen LogP contribution in [0.25, 0.3) is 10.8 Å². The van der Waals surface area contributed by atoms with Crippen molar-refractivity contribution in [3.05, 3.63) is 36.0 Å². The number of hydrogen-bond donors (Lipinski definition) is 2. The maximum absolute atomic E-state index is 5.35. The molecule has 66 valence electrons. The topological polar surface area (TPSA) is 50.9 Å². The van der Waals surface area contributed by atoms with Gasteiger partial charge in [-0.05, 0) is 23.9 Å². The van der Waals surface area contributed by atoms with E-state index in [1.54, 1.807) is 6.20 Å². The summed E-state index contributed by atoms with van der Waals surface area (Å²) < 4.78 is 0. The third-order valence-electron chi connectivity index (χ3n) is 2.16. The minimum absolute atomic E-state index is 0.723. The summed E-state index contributed by atoms with van der Waals surface area (Å²) in [6.45, 7) is 2.07. The number of rotatable bonds is 1. The molecule has 2 aromatic rings. The van der Waals surface area contributed by atoms with Crippen molar-refractivity contribution >= 4 is 16.6 Å². The van der Waals surface area contributed by atoms with Crippen molar-refractivity contribution in [2.75, 3.05) is 5.43 Å². The molecule has 0 saturated carbocycles. The van der Waals surface area contributed by atoms with Gasteiger partial charge in [0.15, 0.2) is 0 Å². The molecule has 2 rings (SSSR count). The number of aryl methyl sites for hydroxylation is 1. The Bertz CT molecular complexity index is 437. The smallest absolute Gasteiger partial charge is 0.147 e. The van der Waals surface area contributed by atoms with Crippen LogP contribution in [0.2, 0.25) is 0 Å². The molecule has 1 aromatic carbocycles. The second kappa shape index (κ2) is 3.03. The number of hydrogen-bond acceptors (Lipinski definition) is 3. The van der Waals surface area contributed by atoms with E-state index in [2.05, 4.69) is 23.4 Å². The third-order valence-corrected chi connectivity index (χ3v) is 2.16. The first-order chi connectivity index (χ1) is 6.33. The van der Waals surface area contributed by atoms with E-state index in [1.165, 1.54) is 10.9 Å². The molecule has 3 nitrogen and oxygen atoms in total. The van der Waals surface area contributed by atoms with Crippen LogP contribution >= 0.6 is 0 Å². The van der Waals surface area contributed by atoms with Crippen LogP contribution in [0.1, 0.15) is 5.56 Å². The van der Waals surface area contributed by atoms with Gasteiger partial charge in [-0.15, -0.1) is 0 Å². The Hall–Kier alpha value is -1.61. The Morgan fingerprint density at radius 1 is 1.23 bits per heavy atom. The zero-order valence-corrected chi connectivity index (χ0v) is 7.41. The van der Waals surface area contributed by atoms with Gasteiger partial charge in [-0.25, -0.2) is 10.8 Å². The number of aromatic nitrogens is 1. The fraction of sp³-hybridized carbons (Fsp3) is 0.100. The van der Waals surface area contributed by atoms with Crippen molar-refractivity contribution < 1.29 is 0 Å². The summed E-state index contributed by atoms with van der Waals surface area (Å²) >= 11 is 0. The van der Waals surface area contributed by atoms with Gasteiger partial charge in [0.05, 0.1) is 0 Å².